The maximum absolute atomic E-state index is 6.24. The molecule has 0 aliphatic carbocycles. The molecule has 12 rings (SSSR count). The van der Waals surface area contributed by atoms with Gasteiger partial charge >= 0.3 is 0 Å². The van der Waals surface area contributed by atoms with Crippen LogP contribution < -0.4 is 0 Å². The van der Waals surface area contributed by atoms with Crippen LogP contribution in [0.25, 0.3) is 122 Å². The summed E-state index contributed by atoms with van der Waals surface area (Å²) in [5.74, 6) is 0.667. The Morgan fingerprint density at radius 2 is 0.613 bits per heavy atom. The normalized spacial score (nSPS) is 11.5. The van der Waals surface area contributed by atoms with Gasteiger partial charge in [0.1, 0.15) is 22.3 Å². The molecule has 0 spiro atoms. The van der Waals surface area contributed by atoms with Crippen LogP contribution in [0, 0.1) is 0 Å². The van der Waals surface area contributed by atoms with Gasteiger partial charge < -0.3 is 8.83 Å². The van der Waals surface area contributed by atoms with Crippen LogP contribution >= 0.6 is 0 Å². The van der Waals surface area contributed by atoms with Crippen LogP contribution in [-0.4, -0.2) is 9.97 Å². The molecule has 62 heavy (non-hydrogen) atoms. The van der Waals surface area contributed by atoms with Gasteiger partial charge in [0, 0.05) is 38.2 Å². The third-order valence-electron chi connectivity index (χ3n) is 11.9. The quantitative estimate of drug-likeness (QED) is 0.161. The molecule has 12 aromatic rings. The largest absolute Gasteiger partial charge is 0.456 e. The van der Waals surface area contributed by atoms with Gasteiger partial charge in [0.2, 0.25) is 0 Å². The van der Waals surface area contributed by atoms with Gasteiger partial charge in [0.15, 0.2) is 5.82 Å². The average Bonchev–Trinajstić information content (AvgIpc) is 3.92. The van der Waals surface area contributed by atoms with Gasteiger partial charge in [-0.15, -0.1) is 0 Å². The van der Waals surface area contributed by atoms with E-state index in [4.69, 9.17) is 18.8 Å². The summed E-state index contributed by atoms with van der Waals surface area (Å²) in [6.07, 6.45) is 0. The summed E-state index contributed by atoms with van der Waals surface area (Å²) in [6.45, 7) is 0. The summed E-state index contributed by atoms with van der Waals surface area (Å²) in [7, 11) is 0. The van der Waals surface area contributed by atoms with E-state index in [1.165, 1.54) is 11.1 Å². The zero-order valence-corrected chi connectivity index (χ0v) is 33.5. The Labute approximate surface area is 358 Å². The van der Waals surface area contributed by atoms with Crippen molar-refractivity contribution >= 4 is 43.9 Å². The molecule has 290 valence electrons. The number of hydrogen-bond acceptors (Lipinski definition) is 4. The summed E-state index contributed by atoms with van der Waals surface area (Å²) in [5.41, 5.74) is 17.1. The summed E-state index contributed by atoms with van der Waals surface area (Å²) >= 11 is 0. The van der Waals surface area contributed by atoms with Gasteiger partial charge in [-0.2, -0.15) is 0 Å². The fourth-order valence-corrected chi connectivity index (χ4v) is 8.72. The first-order valence-electron chi connectivity index (χ1n) is 20.9. The molecule has 0 unspecified atom stereocenters. The fraction of sp³-hybridized carbons (Fsp3) is 0. The minimum atomic E-state index is 0.667. The Kier molecular flexibility index (Phi) is 8.46. The highest BCUT2D eigenvalue weighted by Gasteiger charge is 2.17. The lowest BCUT2D eigenvalue weighted by Crippen LogP contribution is -1.97. The number of hydrogen-bond donors (Lipinski definition) is 0. The van der Waals surface area contributed by atoms with Crippen LogP contribution in [0.5, 0.6) is 0 Å². The molecule has 9 aromatic carbocycles. The van der Waals surface area contributed by atoms with Crippen LogP contribution in [-0.2, 0) is 0 Å². The standard InChI is InChI=1S/C58H36N2O2/c1-3-12-37(13-4-1)38-22-24-39(25-23-38)41-16-11-17-44(30-41)52-36-53(60-58(59-52)40-14-5-2-6-15-40)47-32-45(42-26-28-56-50(34-42)48-18-7-9-20-54(48)61-56)31-46(33-47)43-27-29-57-51(35-43)49-19-8-10-21-55(49)62-57/h1-36H. The molecule has 4 nitrogen and oxygen atoms in total. The Balaban J connectivity index is 1.03. The second-order valence-corrected chi connectivity index (χ2v) is 15.8. The van der Waals surface area contributed by atoms with E-state index < -0.39 is 0 Å². The van der Waals surface area contributed by atoms with Crippen molar-refractivity contribution in [3.05, 3.63) is 218 Å². The van der Waals surface area contributed by atoms with Crippen molar-refractivity contribution in [2.75, 3.05) is 0 Å². The summed E-state index contributed by atoms with van der Waals surface area (Å²) in [6, 6.07) is 76.5. The van der Waals surface area contributed by atoms with Crippen molar-refractivity contribution in [2.45, 2.75) is 0 Å². The van der Waals surface area contributed by atoms with E-state index in [9.17, 15) is 0 Å². The SMILES string of the molecule is c1ccc(-c2ccc(-c3cccc(-c4cc(-c5cc(-c6ccc7oc8ccccc8c7c6)cc(-c6ccc7oc8ccccc8c7c6)c5)nc(-c5ccccc5)n4)c3)cc2)cc1. The lowest BCUT2D eigenvalue weighted by Gasteiger charge is -2.14. The number of furan rings is 2. The van der Waals surface area contributed by atoms with Gasteiger partial charge in [0.25, 0.3) is 0 Å². The van der Waals surface area contributed by atoms with E-state index in [-0.39, 0.29) is 0 Å². The minimum Gasteiger partial charge on any atom is -0.456 e. The Morgan fingerprint density at radius 1 is 0.226 bits per heavy atom. The van der Waals surface area contributed by atoms with E-state index in [0.29, 0.717) is 5.82 Å². The van der Waals surface area contributed by atoms with Crippen LogP contribution in [0.4, 0.5) is 0 Å². The number of rotatable bonds is 7. The summed E-state index contributed by atoms with van der Waals surface area (Å²) in [5, 5.41) is 4.36. The molecule has 0 saturated carbocycles. The highest BCUT2D eigenvalue weighted by atomic mass is 16.3. The minimum absolute atomic E-state index is 0.667. The van der Waals surface area contributed by atoms with E-state index in [1.807, 2.05) is 48.5 Å². The summed E-state index contributed by atoms with van der Waals surface area (Å²) < 4.78 is 12.5. The van der Waals surface area contributed by atoms with E-state index in [0.717, 1.165) is 105 Å². The Hall–Kier alpha value is -8.34. The zero-order chi connectivity index (χ0) is 41.0. The number of benzene rings is 9. The van der Waals surface area contributed by atoms with Crippen molar-refractivity contribution < 1.29 is 8.83 Å². The number of fused-ring (bicyclic) bond motifs is 6. The molecule has 0 radical (unpaired) electrons. The third kappa shape index (κ3) is 6.42. The third-order valence-corrected chi connectivity index (χ3v) is 11.9. The molecule has 4 heteroatoms. The Bertz CT molecular complexity index is 3490. The first-order chi connectivity index (χ1) is 30.7. The van der Waals surface area contributed by atoms with E-state index in [1.54, 1.807) is 0 Å². The van der Waals surface area contributed by atoms with Crippen molar-refractivity contribution in [1.29, 1.82) is 0 Å². The van der Waals surface area contributed by atoms with Crippen LogP contribution in [0.1, 0.15) is 0 Å². The molecule has 0 fully saturated rings. The highest BCUT2D eigenvalue weighted by Crippen LogP contribution is 2.39. The average molecular weight is 793 g/mol. The first kappa shape index (κ1) is 35.6. The highest BCUT2D eigenvalue weighted by molar-refractivity contribution is 6.07. The second-order valence-electron chi connectivity index (χ2n) is 15.8. The number of aromatic nitrogens is 2. The van der Waals surface area contributed by atoms with Crippen molar-refractivity contribution in [2.24, 2.45) is 0 Å². The molecule has 0 aliphatic heterocycles. The van der Waals surface area contributed by atoms with Crippen LogP contribution in [0.15, 0.2) is 227 Å². The van der Waals surface area contributed by atoms with E-state index >= 15 is 0 Å². The molecule has 3 heterocycles. The smallest absolute Gasteiger partial charge is 0.160 e. The maximum Gasteiger partial charge on any atom is 0.160 e. The van der Waals surface area contributed by atoms with Gasteiger partial charge in [0.05, 0.1) is 11.4 Å². The van der Waals surface area contributed by atoms with Gasteiger partial charge in [-0.1, -0.05) is 152 Å². The van der Waals surface area contributed by atoms with Crippen LogP contribution in [0.2, 0.25) is 0 Å². The van der Waals surface area contributed by atoms with Crippen LogP contribution in [0.3, 0.4) is 0 Å². The van der Waals surface area contributed by atoms with Gasteiger partial charge in [-0.05, 0) is 111 Å². The summed E-state index contributed by atoms with van der Waals surface area (Å²) in [4.78, 5) is 10.5. The lowest BCUT2D eigenvalue weighted by molar-refractivity contribution is 0.668. The number of nitrogens with zero attached hydrogens (tertiary/aromatic N) is 2. The molecular weight excluding hydrogens is 757 g/mol. The molecular formula is C58H36N2O2. The zero-order valence-electron chi connectivity index (χ0n) is 33.5. The first-order valence-corrected chi connectivity index (χ1v) is 20.9. The molecule has 0 amide bonds. The predicted octanol–water partition coefficient (Wildman–Crippen LogP) is 15.9. The van der Waals surface area contributed by atoms with Crippen molar-refractivity contribution in [3.8, 4) is 78.4 Å². The molecule has 0 aliphatic rings. The van der Waals surface area contributed by atoms with Crippen molar-refractivity contribution in [1.82, 2.24) is 9.97 Å². The molecule has 3 aromatic heterocycles. The molecule has 0 N–H and O–H groups in total. The fourth-order valence-electron chi connectivity index (χ4n) is 8.72. The number of para-hydroxylation sites is 2. The molecule has 0 saturated heterocycles. The second kappa shape index (κ2) is 14.7. The monoisotopic (exact) mass is 792 g/mol. The van der Waals surface area contributed by atoms with E-state index in [2.05, 4.69) is 170 Å². The molecule has 0 atom stereocenters. The maximum atomic E-state index is 6.24. The topological polar surface area (TPSA) is 52.1 Å². The van der Waals surface area contributed by atoms with Gasteiger partial charge in [-0.3, -0.25) is 0 Å². The lowest BCUT2D eigenvalue weighted by atomic mass is 9.93. The molecule has 0 bridgehead atoms. The predicted molar refractivity (Wildman–Crippen MR) is 255 cm³/mol. The van der Waals surface area contributed by atoms with Crippen molar-refractivity contribution in [3.63, 3.8) is 0 Å². The van der Waals surface area contributed by atoms with Gasteiger partial charge in [-0.25, -0.2) is 9.97 Å². The Morgan fingerprint density at radius 3 is 1.21 bits per heavy atom.